The quantitative estimate of drug-likeness (QED) is 0.748. The molecule has 0 amide bonds. The van der Waals surface area contributed by atoms with Gasteiger partial charge in [0, 0.05) is 19.5 Å². The highest BCUT2D eigenvalue weighted by molar-refractivity contribution is 5.77. The fraction of sp³-hybridized carbons (Fsp3) is 0.562. The van der Waals surface area contributed by atoms with Gasteiger partial charge in [0.05, 0.1) is 6.61 Å². The molecule has 0 bridgehead atoms. The monoisotopic (exact) mass is 291 g/mol. The van der Waals surface area contributed by atoms with Crippen LogP contribution in [0.1, 0.15) is 38.9 Å². The largest absolute Gasteiger partial charge is 0.494 e. The predicted octanol–water partition coefficient (Wildman–Crippen LogP) is 2.75. The van der Waals surface area contributed by atoms with Crippen molar-refractivity contribution in [3.63, 3.8) is 0 Å². The van der Waals surface area contributed by atoms with Gasteiger partial charge in [-0.15, -0.1) is 5.06 Å². The Hall–Kier alpha value is -1.59. The number of nitrogens with zero attached hydrogens (tertiary/aromatic N) is 2. The van der Waals surface area contributed by atoms with Crippen LogP contribution in [-0.2, 0) is 4.84 Å². The third-order valence-corrected chi connectivity index (χ3v) is 3.33. The second-order valence-electron chi connectivity index (χ2n) is 4.83. The van der Waals surface area contributed by atoms with Crippen LogP contribution < -0.4 is 10.1 Å². The predicted molar refractivity (Wildman–Crippen MR) is 84.4 cm³/mol. The first-order valence-electron chi connectivity index (χ1n) is 7.73. The molecule has 0 unspecified atom stereocenters. The smallest absolute Gasteiger partial charge is 0.213 e. The number of ether oxygens (including phenoxy) is 1. The van der Waals surface area contributed by atoms with E-state index in [1.807, 2.05) is 24.1 Å². The number of hydrogen-bond donors (Lipinski definition) is 1. The molecule has 0 radical (unpaired) electrons. The summed E-state index contributed by atoms with van der Waals surface area (Å²) in [6, 6.07) is 8.08. The van der Waals surface area contributed by atoms with Gasteiger partial charge in [0.2, 0.25) is 5.90 Å². The molecule has 5 nitrogen and oxygen atoms in total. The minimum absolute atomic E-state index is 0.0534. The Morgan fingerprint density at radius 2 is 2.00 bits per heavy atom. The zero-order valence-corrected chi connectivity index (χ0v) is 13.1. The van der Waals surface area contributed by atoms with E-state index < -0.39 is 0 Å². The molecule has 1 N–H and O–H groups in total. The van der Waals surface area contributed by atoms with Gasteiger partial charge in [-0.2, -0.15) is 0 Å². The molecule has 0 fully saturated rings. The van der Waals surface area contributed by atoms with Crippen LogP contribution in [0, 0.1) is 0 Å². The zero-order valence-electron chi connectivity index (χ0n) is 13.1. The first-order valence-corrected chi connectivity index (χ1v) is 7.73. The van der Waals surface area contributed by atoms with Gasteiger partial charge in [-0.05, 0) is 38.1 Å². The topological polar surface area (TPSA) is 46.1 Å². The van der Waals surface area contributed by atoms with Crippen molar-refractivity contribution in [2.75, 3.05) is 26.2 Å². The fourth-order valence-corrected chi connectivity index (χ4v) is 2.27. The number of aliphatic imine (C=N–C) groups is 1. The summed E-state index contributed by atoms with van der Waals surface area (Å²) in [4.78, 5) is 10.5. The molecule has 0 aromatic heterocycles. The maximum Gasteiger partial charge on any atom is 0.213 e. The lowest BCUT2D eigenvalue weighted by Crippen LogP contribution is -2.24. The molecule has 0 saturated heterocycles. The van der Waals surface area contributed by atoms with Crippen molar-refractivity contribution in [3.8, 4) is 5.75 Å². The zero-order chi connectivity index (χ0) is 15.1. The summed E-state index contributed by atoms with van der Waals surface area (Å²) < 4.78 is 5.47. The highest BCUT2D eigenvalue weighted by Crippen LogP contribution is 2.29. The second-order valence-corrected chi connectivity index (χ2v) is 4.83. The van der Waals surface area contributed by atoms with Crippen molar-refractivity contribution in [2.45, 2.75) is 33.4 Å². The normalized spacial score (nSPS) is 18.4. The minimum atomic E-state index is -0.0534. The molecule has 0 aliphatic carbocycles. The molecule has 21 heavy (non-hydrogen) atoms. The van der Waals surface area contributed by atoms with Crippen molar-refractivity contribution in [1.82, 2.24) is 10.4 Å². The van der Waals surface area contributed by atoms with E-state index in [0.29, 0.717) is 6.61 Å². The molecular formula is C16H25N3O2. The van der Waals surface area contributed by atoms with E-state index in [9.17, 15) is 0 Å². The van der Waals surface area contributed by atoms with Crippen LogP contribution in [0.2, 0.25) is 0 Å². The Morgan fingerprint density at radius 3 is 2.62 bits per heavy atom. The van der Waals surface area contributed by atoms with Gasteiger partial charge in [-0.1, -0.05) is 19.1 Å². The van der Waals surface area contributed by atoms with Crippen molar-refractivity contribution in [2.24, 2.45) is 4.99 Å². The van der Waals surface area contributed by atoms with E-state index in [1.54, 1.807) is 0 Å². The van der Waals surface area contributed by atoms with Gasteiger partial charge < -0.3 is 14.9 Å². The van der Waals surface area contributed by atoms with E-state index in [1.165, 1.54) is 0 Å². The van der Waals surface area contributed by atoms with Crippen LogP contribution in [0.5, 0.6) is 5.75 Å². The van der Waals surface area contributed by atoms with Gasteiger partial charge in [0.15, 0.2) is 6.17 Å². The third kappa shape index (κ3) is 4.19. The molecular weight excluding hydrogens is 266 g/mol. The van der Waals surface area contributed by atoms with E-state index in [2.05, 4.69) is 31.3 Å². The van der Waals surface area contributed by atoms with Crippen LogP contribution in [-0.4, -0.2) is 37.2 Å². The number of hydroxylamine groups is 2. The highest BCUT2D eigenvalue weighted by Gasteiger charge is 2.28. The molecule has 1 aliphatic rings. The van der Waals surface area contributed by atoms with Gasteiger partial charge >= 0.3 is 0 Å². The van der Waals surface area contributed by atoms with Gasteiger partial charge in [0.25, 0.3) is 0 Å². The standard InChI is InChI=1S/C16H25N3O2/c1-4-17-12-11-15-18-16(19(5-2)21-15)13-7-9-14(10-8-13)20-6-3/h7-10,16-17H,4-6,11-12H2,1-3H3/t16-/m1/s1. The average Bonchev–Trinajstić information content (AvgIpc) is 2.92. The number of rotatable bonds is 8. The second kappa shape index (κ2) is 8.00. The maximum absolute atomic E-state index is 5.81. The SMILES string of the molecule is CCNCCC1=N[C@@H](c2ccc(OCC)cc2)N(CC)O1. The van der Waals surface area contributed by atoms with E-state index in [4.69, 9.17) is 14.6 Å². The van der Waals surface area contributed by atoms with Gasteiger partial charge in [-0.25, -0.2) is 4.99 Å². The number of benzene rings is 1. The molecule has 2 rings (SSSR count). The summed E-state index contributed by atoms with van der Waals surface area (Å²) in [5, 5.41) is 5.20. The van der Waals surface area contributed by atoms with Crippen LogP contribution >= 0.6 is 0 Å². The molecule has 1 aromatic rings. The summed E-state index contributed by atoms with van der Waals surface area (Å²) in [7, 11) is 0. The molecule has 1 aromatic carbocycles. The molecule has 0 spiro atoms. The fourth-order valence-electron chi connectivity index (χ4n) is 2.27. The Kier molecular flexibility index (Phi) is 6.02. The van der Waals surface area contributed by atoms with Gasteiger partial charge in [0.1, 0.15) is 5.75 Å². The first-order chi connectivity index (χ1) is 10.3. The van der Waals surface area contributed by atoms with E-state index in [0.717, 1.165) is 43.3 Å². The molecule has 5 heteroatoms. The van der Waals surface area contributed by atoms with E-state index in [-0.39, 0.29) is 6.17 Å². The molecule has 1 atom stereocenters. The summed E-state index contributed by atoms with van der Waals surface area (Å²) in [5.41, 5.74) is 1.12. The van der Waals surface area contributed by atoms with Crippen LogP contribution in [0.15, 0.2) is 29.3 Å². The van der Waals surface area contributed by atoms with Crippen LogP contribution in [0.4, 0.5) is 0 Å². The third-order valence-electron chi connectivity index (χ3n) is 3.33. The minimum Gasteiger partial charge on any atom is -0.494 e. The summed E-state index contributed by atoms with van der Waals surface area (Å²) in [6.45, 7) is 9.49. The lowest BCUT2D eigenvalue weighted by Gasteiger charge is -2.19. The Morgan fingerprint density at radius 1 is 1.24 bits per heavy atom. The van der Waals surface area contributed by atoms with Crippen molar-refractivity contribution >= 4 is 5.90 Å². The Bertz CT molecular complexity index is 459. The van der Waals surface area contributed by atoms with Crippen LogP contribution in [0.3, 0.4) is 0 Å². The average molecular weight is 291 g/mol. The molecule has 116 valence electrons. The Labute approximate surface area is 126 Å². The maximum atomic E-state index is 5.81. The summed E-state index contributed by atoms with van der Waals surface area (Å²) in [5.74, 6) is 1.69. The van der Waals surface area contributed by atoms with Crippen molar-refractivity contribution in [1.29, 1.82) is 0 Å². The summed E-state index contributed by atoms with van der Waals surface area (Å²) in [6.07, 6.45) is 0.764. The highest BCUT2D eigenvalue weighted by atomic mass is 16.7. The molecule has 1 heterocycles. The van der Waals surface area contributed by atoms with Crippen molar-refractivity contribution in [3.05, 3.63) is 29.8 Å². The van der Waals surface area contributed by atoms with Gasteiger partial charge in [-0.3, -0.25) is 0 Å². The lowest BCUT2D eigenvalue weighted by molar-refractivity contribution is -0.0815. The molecule has 0 saturated carbocycles. The lowest BCUT2D eigenvalue weighted by atomic mass is 10.1. The number of nitrogens with one attached hydrogen (secondary N) is 1. The first kappa shape index (κ1) is 15.8. The Balaban J connectivity index is 2.04. The summed E-state index contributed by atoms with van der Waals surface area (Å²) >= 11 is 0. The number of hydrogen-bond acceptors (Lipinski definition) is 5. The van der Waals surface area contributed by atoms with Crippen molar-refractivity contribution < 1.29 is 9.57 Å². The van der Waals surface area contributed by atoms with E-state index >= 15 is 0 Å². The molecule has 1 aliphatic heterocycles. The van der Waals surface area contributed by atoms with Crippen LogP contribution in [0.25, 0.3) is 0 Å².